The molecule has 3 fully saturated rings. The lowest BCUT2D eigenvalue weighted by molar-refractivity contribution is 0.152. The number of rotatable bonds is 2. The van der Waals surface area contributed by atoms with Gasteiger partial charge in [0, 0.05) is 49.9 Å². The maximum Gasteiger partial charge on any atom is 0.317 e. The van der Waals surface area contributed by atoms with Crippen molar-refractivity contribution >= 4 is 11.7 Å². The van der Waals surface area contributed by atoms with Crippen LogP contribution in [-0.4, -0.2) is 56.4 Å². The molecule has 0 saturated carbocycles. The summed E-state index contributed by atoms with van der Waals surface area (Å²) >= 11 is 0. The van der Waals surface area contributed by atoms with Crippen molar-refractivity contribution in [2.75, 3.05) is 44.3 Å². The van der Waals surface area contributed by atoms with Gasteiger partial charge in [0.25, 0.3) is 0 Å². The van der Waals surface area contributed by atoms with Crippen molar-refractivity contribution in [3.8, 4) is 0 Å². The molecule has 1 aromatic carbocycles. The second kappa shape index (κ2) is 6.83. The molecule has 1 spiro atoms. The minimum atomic E-state index is -0.218. The molecule has 0 aliphatic carbocycles. The molecule has 3 aliphatic heterocycles. The fourth-order valence-electron chi connectivity index (χ4n) is 4.35. The normalized spacial score (nSPS) is 29.4. The first-order valence-electron chi connectivity index (χ1n) is 9.27. The van der Waals surface area contributed by atoms with Crippen LogP contribution >= 0.6 is 0 Å². The molecule has 4 rings (SSSR count). The van der Waals surface area contributed by atoms with E-state index in [1.54, 1.807) is 12.1 Å². The van der Waals surface area contributed by atoms with E-state index in [0.29, 0.717) is 0 Å². The van der Waals surface area contributed by atoms with Crippen LogP contribution in [0.1, 0.15) is 25.7 Å². The molecule has 136 valence electrons. The van der Waals surface area contributed by atoms with Crippen molar-refractivity contribution in [2.24, 2.45) is 5.41 Å². The fraction of sp³-hybridized carbons (Fsp3) is 0.632. The van der Waals surface area contributed by atoms with E-state index in [0.717, 1.165) is 70.8 Å². The van der Waals surface area contributed by atoms with Crippen LogP contribution in [0.4, 0.5) is 14.9 Å². The monoisotopic (exact) mass is 347 g/mol. The maximum atomic E-state index is 13.5. The highest BCUT2D eigenvalue weighted by Gasteiger charge is 2.43. The summed E-state index contributed by atoms with van der Waals surface area (Å²) in [5, 5.41) is 3.19. The van der Waals surface area contributed by atoms with Gasteiger partial charge in [0.1, 0.15) is 5.82 Å². The molecule has 0 radical (unpaired) electrons. The third-order valence-corrected chi connectivity index (χ3v) is 5.83. The predicted octanol–water partition coefficient (Wildman–Crippen LogP) is 2.62. The number of benzene rings is 1. The summed E-state index contributed by atoms with van der Waals surface area (Å²) in [5.74, 6) is -0.218. The second-order valence-electron chi connectivity index (χ2n) is 7.69. The summed E-state index contributed by atoms with van der Waals surface area (Å²) in [6.45, 7) is 4.86. The number of amides is 2. The number of urea groups is 1. The van der Waals surface area contributed by atoms with E-state index < -0.39 is 0 Å². The number of nitrogens with one attached hydrogen (secondary N) is 1. The Morgan fingerprint density at radius 2 is 2.24 bits per heavy atom. The Morgan fingerprint density at radius 3 is 3.04 bits per heavy atom. The Bertz CT molecular complexity index is 633. The maximum absolute atomic E-state index is 13.5. The van der Waals surface area contributed by atoms with Gasteiger partial charge in [-0.3, -0.25) is 0 Å². The molecule has 0 aromatic heterocycles. The minimum absolute atomic E-state index is 0.0369. The zero-order valence-electron chi connectivity index (χ0n) is 14.5. The molecule has 1 aromatic rings. The number of hydrogen-bond acceptors (Lipinski definition) is 3. The fourth-order valence-corrected chi connectivity index (χ4v) is 4.35. The lowest BCUT2D eigenvalue weighted by Crippen LogP contribution is -2.51. The number of hydrogen-bond donors (Lipinski definition) is 1. The Hall–Kier alpha value is -1.82. The number of halogens is 1. The molecule has 25 heavy (non-hydrogen) atoms. The van der Waals surface area contributed by atoms with E-state index in [-0.39, 0.29) is 23.3 Å². The van der Waals surface area contributed by atoms with Crippen LogP contribution in [-0.2, 0) is 4.74 Å². The van der Waals surface area contributed by atoms with Gasteiger partial charge in [0.2, 0.25) is 0 Å². The van der Waals surface area contributed by atoms with Gasteiger partial charge in [-0.1, -0.05) is 6.07 Å². The summed E-state index contributed by atoms with van der Waals surface area (Å²) in [5.41, 5.74) is 1.08. The quantitative estimate of drug-likeness (QED) is 0.894. The molecule has 2 amide bonds. The van der Waals surface area contributed by atoms with Gasteiger partial charge in [0.05, 0.1) is 6.61 Å². The summed E-state index contributed by atoms with van der Waals surface area (Å²) in [7, 11) is 0. The smallest absolute Gasteiger partial charge is 0.317 e. The summed E-state index contributed by atoms with van der Waals surface area (Å²) in [6, 6.07) is 6.84. The average molecular weight is 347 g/mol. The molecule has 3 saturated heterocycles. The number of ether oxygens (including phenoxy) is 1. The number of carbonyl (C=O) groups excluding carboxylic acids is 1. The number of anilines is 1. The Morgan fingerprint density at radius 1 is 1.32 bits per heavy atom. The van der Waals surface area contributed by atoms with Crippen LogP contribution in [0.15, 0.2) is 24.3 Å². The van der Waals surface area contributed by atoms with Crippen LogP contribution in [0.5, 0.6) is 0 Å². The van der Waals surface area contributed by atoms with Gasteiger partial charge in [-0.2, -0.15) is 0 Å². The van der Waals surface area contributed by atoms with Gasteiger partial charge in [0.15, 0.2) is 0 Å². The van der Waals surface area contributed by atoms with Gasteiger partial charge in [-0.05, 0) is 43.9 Å². The number of likely N-dealkylation sites (tertiary alicyclic amines) is 1. The zero-order chi connectivity index (χ0) is 17.3. The number of piperidine rings is 1. The van der Waals surface area contributed by atoms with E-state index >= 15 is 0 Å². The highest BCUT2D eigenvalue weighted by Crippen LogP contribution is 2.38. The molecule has 0 bridgehead atoms. The summed E-state index contributed by atoms with van der Waals surface area (Å²) < 4.78 is 19.0. The first kappa shape index (κ1) is 16.6. The van der Waals surface area contributed by atoms with E-state index in [9.17, 15) is 9.18 Å². The molecular formula is C19H26FN3O2. The van der Waals surface area contributed by atoms with Crippen LogP contribution in [0.2, 0.25) is 0 Å². The first-order chi connectivity index (χ1) is 12.1. The Kier molecular flexibility index (Phi) is 4.54. The highest BCUT2D eigenvalue weighted by molar-refractivity contribution is 5.75. The van der Waals surface area contributed by atoms with Crippen LogP contribution in [0.3, 0.4) is 0 Å². The van der Waals surface area contributed by atoms with Crippen molar-refractivity contribution in [2.45, 2.75) is 31.7 Å². The standard InChI is InChI=1S/C19H26FN3O2/c20-15-3-1-5-17(11-15)22-8-2-4-16(12-22)21-18(24)23-9-6-19(13-23)7-10-25-14-19/h1,3,5,11,16H,2,4,6-10,12-14H2,(H,21,24)/t16-,19+/m0/s1. The predicted molar refractivity (Wildman–Crippen MR) is 94.2 cm³/mol. The van der Waals surface area contributed by atoms with E-state index in [2.05, 4.69) is 10.2 Å². The van der Waals surface area contributed by atoms with Gasteiger partial charge < -0.3 is 19.9 Å². The summed E-state index contributed by atoms with van der Waals surface area (Å²) in [6.07, 6.45) is 4.08. The van der Waals surface area contributed by atoms with Crippen molar-refractivity contribution in [3.05, 3.63) is 30.1 Å². The molecule has 0 unspecified atom stereocenters. The lowest BCUT2D eigenvalue weighted by Gasteiger charge is -2.35. The first-order valence-corrected chi connectivity index (χ1v) is 9.27. The van der Waals surface area contributed by atoms with Crippen molar-refractivity contribution in [1.82, 2.24) is 10.2 Å². The van der Waals surface area contributed by atoms with Gasteiger partial charge in [-0.25, -0.2) is 9.18 Å². The SMILES string of the molecule is O=C(N[C@H]1CCCN(c2cccc(F)c2)C1)N1CC[C@@]2(CCOC2)C1. The molecule has 6 heteroatoms. The van der Waals surface area contributed by atoms with Crippen LogP contribution in [0.25, 0.3) is 0 Å². The van der Waals surface area contributed by atoms with E-state index in [4.69, 9.17) is 4.74 Å². The third-order valence-electron chi connectivity index (χ3n) is 5.83. The molecule has 1 N–H and O–H groups in total. The molecule has 3 heterocycles. The van der Waals surface area contributed by atoms with Gasteiger partial charge in [-0.15, -0.1) is 0 Å². The number of carbonyl (C=O) groups is 1. The van der Waals surface area contributed by atoms with Crippen molar-refractivity contribution in [3.63, 3.8) is 0 Å². The summed E-state index contributed by atoms with van der Waals surface area (Å²) in [4.78, 5) is 16.7. The van der Waals surface area contributed by atoms with E-state index in [1.807, 2.05) is 11.0 Å². The molecule has 5 nitrogen and oxygen atoms in total. The second-order valence-corrected chi connectivity index (χ2v) is 7.69. The lowest BCUT2D eigenvalue weighted by atomic mass is 9.87. The van der Waals surface area contributed by atoms with E-state index in [1.165, 1.54) is 6.07 Å². The molecular weight excluding hydrogens is 321 g/mol. The minimum Gasteiger partial charge on any atom is -0.381 e. The van der Waals surface area contributed by atoms with Crippen LogP contribution in [0, 0.1) is 11.2 Å². The van der Waals surface area contributed by atoms with Crippen molar-refractivity contribution in [1.29, 1.82) is 0 Å². The third kappa shape index (κ3) is 3.59. The Labute approximate surface area is 148 Å². The molecule has 3 aliphatic rings. The largest absolute Gasteiger partial charge is 0.381 e. The number of nitrogens with zero attached hydrogens (tertiary/aromatic N) is 2. The Balaban J connectivity index is 1.34. The van der Waals surface area contributed by atoms with Crippen LogP contribution < -0.4 is 10.2 Å². The topological polar surface area (TPSA) is 44.8 Å². The van der Waals surface area contributed by atoms with Gasteiger partial charge >= 0.3 is 6.03 Å². The highest BCUT2D eigenvalue weighted by atomic mass is 19.1. The average Bonchev–Trinajstić information content (AvgIpc) is 3.25. The van der Waals surface area contributed by atoms with Crippen molar-refractivity contribution < 1.29 is 13.9 Å². The molecule has 2 atom stereocenters. The zero-order valence-corrected chi connectivity index (χ0v) is 14.5.